The highest BCUT2D eigenvalue weighted by Gasteiger charge is 2.51. The number of ether oxygens (including phenoxy) is 1. The first-order valence-electron chi connectivity index (χ1n) is 7.43. The number of hydrogen-bond donors (Lipinski definition) is 1. The van der Waals surface area contributed by atoms with Crippen LogP contribution in [0, 0.1) is 5.92 Å². The standard InChI is InChI=1S/C16H22ClNO2S/c1-3-18-16(12-9-10-12,15(19)20-4-2)11-21-14-8-6-5-7-13(14)17/h5-8,12,18H,3-4,9-11H2,1-2H3. The number of thioether (sulfide) groups is 1. The number of carbonyl (C=O) groups is 1. The third-order valence-electron chi connectivity index (χ3n) is 3.70. The predicted molar refractivity (Wildman–Crippen MR) is 87.9 cm³/mol. The van der Waals surface area contributed by atoms with Crippen molar-refractivity contribution in [3.05, 3.63) is 29.3 Å². The molecule has 0 spiro atoms. The van der Waals surface area contributed by atoms with E-state index < -0.39 is 5.54 Å². The summed E-state index contributed by atoms with van der Waals surface area (Å²) in [5.41, 5.74) is -0.589. The maximum atomic E-state index is 12.5. The van der Waals surface area contributed by atoms with Crippen LogP contribution in [0.5, 0.6) is 0 Å². The first-order valence-corrected chi connectivity index (χ1v) is 8.80. The summed E-state index contributed by atoms with van der Waals surface area (Å²) < 4.78 is 5.33. The molecule has 1 fully saturated rings. The highest BCUT2D eigenvalue weighted by atomic mass is 35.5. The first-order chi connectivity index (χ1) is 10.1. The zero-order chi connectivity index (χ0) is 15.3. The Balaban J connectivity index is 2.15. The van der Waals surface area contributed by atoms with Crippen LogP contribution < -0.4 is 5.32 Å². The van der Waals surface area contributed by atoms with Crippen molar-refractivity contribution in [2.45, 2.75) is 37.1 Å². The number of carbonyl (C=O) groups excluding carboxylic acids is 1. The molecule has 0 bridgehead atoms. The highest BCUT2D eigenvalue weighted by molar-refractivity contribution is 7.99. The van der Waals surface area contributed by atoms with Crippen LogP contribution in [0.2, 0.25) is 5.02 Å². The Labute approximate surface area is 135 Å². The van der Waals surface area contributed by atoms with E-state index in [-0.39, 0.29) is 5.97 Å². The summed E-state index contributed by atoms with van der Waals surface area (Å²) in [6, 6.07) is 7.74. The van der Waals surface area contributed by atoms with E-state index in [0.29, 0.717) is 18.3 Å². The van der Waals surface area contributed by atoms with Crippen LogP contribution in [0.4, 0.5) is 0 Å². The summed E-state index contributed by atoms with van der Waals surface area (Å²) in [7, 11) is 0. The van der Waals surface area contributed by atoms with E-state index in [2.05, 4.69) is 5.32 Å². The van der Waals surface area contributed by atoms with E-state index in [1.165, 1.54) is 0 Å². The minimum absolute atomic E-state index is 0.131. The summed E-state index contributed by atoms with van der Waals surface area (Å²) in [4.78, 5) is 13.5. The number of halogens is 1. The molecule has 2 rings (SSSR count). The van der Waals surface area contributed by atoms with Crippen LogP contribution in [0.3, 0.4) is 0 Å². The molecule has 1 N–H and O–H groups in total. The lowest BCUT2D eigenvalue weighted by Crippen LogP contribution is -2.57. The second-order valence-corrected chi connectivity index (χ2v) is 6.64. The molecule has 1 atom stereocenters. The van der Waals surface area contributed by atoms with Crippen LogP contribution in [-0.4, -0.2) is 30.4 Å². The lowest BCUT2D eigenvalue weighted by molar-refractivity contribution is -0.151. The van der Waals surface area contributed by atoms with Crippen LogP contribution >= 0.6 is 23.4 Å². The molecule has 0 heterocycles. The fourth-order valence-corrected chi connectivity index (χ4v) is 4.03. The normalized spacial score (nSPS) is 17.3. The van der Waals surface area contributed by atoms with Crippen molar-refractivity contribution in [3.63, 3.8) is 0 Å². The van der Waals surface area contributed by atoms with Gasteiger partial charge in [0.1, 0.15) is 5.54 Å². The zero-order valence-electron chi connectivity index (χ0n) is 12.5. The van der Waals surface area contributed by atoms with Crippen LogP contribution in [-0.2, 0) is 9.53 Å². The van der Waals surface area contributed by atoms with Crippen molar-refractivity contribution >= 4 is 29.3 Å². The highest BCUT2D eigenvalue weighted by Crippen LogP contribution is 2.43. The summed E-state index contributed by atoms with van der Waals surface area (Å²) in [5, 5.41) is 4.12. The second-order valence-electron chi connectivity index (χ2n) is 5.22. The monoisotopic (exact) mass is 327 g/mol. The largest absolute Gasteiger partial charge is 0.465 e. The van der Waals surface area contributed by atoms with Gasteiger partial charge < -0.3 is 10.1 Å². The van der Waals surface area contributed by atoms with Crippen LogP contribution in [0.25, 0.3) is 0 Å². The number of likely N-dealkylation sites (N-methyl/N-ethyl adjacent to an activating group) is 1. The molecule has 0 aliphatic heterocycles. The molecule has 1 aromatic carbocycles. The Bertz CT molecular complexity index is 493. The molecule has 116 valence electrons. The molecule has 0 aromatic heterocycles. The molecule has 0 saturated heterocycles. The van der Waals surface area contributed by atoms with Gasteiger partial charge in [0, 0.05) is 10.6 Å². The van der Waals surface area contributed by atoms with Gasteiger partial charge >= 0.3 is 5.97 Å². The van der Waals surface area contributed by atoms with Gasteiger partial charge in [-0.2, -0.15) is 0 Å². The van der Waals surface area contributed by atoms with Crippen molar-refractivity contribution in [1.29, 1.82) is 0 Å². The molecule has 3 nitrogen and oxygen atoms in total. The second kappa shape index (κ2) is 7.52. The van der Waals surface area contributed by atoms with E-state index >= 15 is 0 Å². The Kier molecular flexibility index (Phi) is 5.97. The van der Waals surface area contributed by atoms with Gasteiger partial charge in [-0.1, -0.05) is 30.7 Å². The summed E-state index contributed by atoms with van der Waals surface area (Å²) in [6.45, 7) is 5.03. The van der Waals surface area contributed by atoms with Crippen LogP contribution in [0.15, 0.2) is 29.2 Å². The average molecular weight is 328 g/mol. The molecule has 5 heteroatoms. The molecular formula is C16H22ClNO2S. The van der Waals surface area contributed by atoms with Gasteiger partial charge in [-0.25, -0.2) is 0 Å². The molecule has 1 saturated carbocycles. The zero-order valence-corrected chi connectivity index (χ0v) is 14.1. The maximum Gasteiger partial charge on any atom is 0.327 e. The Morgan fingerprint density at radius 2 is 2.14 bits per heavy atom. The number of benzene rings is 1. The lowest BCUT2D eigenvalue weighted by atomic mass is 9.95. The summed E-state index contributed by atoms with van der Waals surface area (Å²) in [6.07, 6.45) is 2.16. The van der Waals surface area contributed by atoms with Gasteiger partial charge in [0.15, 0.2) is 0 Å². The molecular weight excluding hydrogens is 306 g/mol. The van der Waals surface area contributed by atoms with Crippen molar-refractivity contribution in [2.24, 2.45) is 5.92 Å². The first kappa shape index (κ1) is 16.7. The van der Waals surface area contributed by atoms with E-state index in [9.17, 15) is 4.79 Å². The van der Waals surface area contributed by atoms with Gasteiger partial charge in [-0.05, 0) is 44.4 Å². The topological polar surface area (TPSA) is 38.3 Å². The molecule has 0 amide bonds. The predicted octanol–water partition coefficient (Wildman–Crippen LogP) is 3.75. The molecule has 0 radical (unpaired) electrons. The fraction of sp³-hybridized carbons (Fsp3) is 0.562. The third kappa shape index (κ3) is 3.93. The van der Waals surface area contributed by atoms with E-state index in [1.54, 1.807) is 11.8 Å². The fourth-order valence-electron chi connectivity index (χ4n) is 2.52. The molecule has 1 aliphatic rings. The maximum absolute atomic E-state index is 12.5. The smallest absolute Gasteiger partial charge is 0.327 e. The third-order valence-corrected chi connectivity index (χ3v) is 5.41. The van der Waals surface area contributed by atoms with Gasteiger partial charge in [-0.15, -0.1) is 11.8 Å². The number of hydrogen-bond acceptors (Lipinski definition) is 4. The molecule has 1 aromatic rings. The average Bonchev–Trinajstić information content (AvgIpc) is 3.30. The van der Waals surface area contributed by atoms with Crippen molar-refractivity contribution in [2.75, 3.05) is 18.9 Å². The molecule has 1 aliphatic carbocycles. The SMILES string of the molecule is CCNC(CSc1ccccc1Cl)(C(=O)OCC)C1CC1. The van der Waals surface area contributed by atoms with E-state index in [4.69, 9.17) is 16.3 Å². The van der Waals surface area contributed by atoms with Gasteiger partial charge in [-0.3, -0.25) is 4.79 Å². The summed E-state index contributed by atoms with van der Waals surface area (Å²) >= 11 is 7.83. The minimum Gasteiger partial charge on any atom is -0.465 e. The van der Waals surface area contributed by atoms with Gasteiger partial charge in [0.05, 0.1) is 11.6 Å². The van der Waals surface area contributed by atoms with Crippen LogP contribution in [0.1, 0.15) is 26.7 Å². The molecule has 1 unspecified atom stereocenters. The number of nitrogens with one attached hydrogen (secondary N) is 1. The van der Waals surface area contributed by atoms with Gasteiger partial charge in [0.25, 0.3) is 0 Å². The van der Waals surface area contributed by atoms with Crippen molar-refractivity contribution < 1.29 is 9.53 Å². The Morgan fingerprint density at radius 3 is 2.71 bits per heavy atom. The van der Waals surface area contributed by atoms with Crippen molar-refractivity contribution in [1.82, 2.24) is 5.32 Å². The Morgan fingerprint density at radius 1 is 1.43 bits per heavy atom. The Hall–Kier alpha value is -0.710. The number of rotatable bonds is 8. The minimum atomic E-state index is -0.589. The lowest BCUT2D eigenvalue weighted by Gasteiger charge is -2.32. The van der Waals surface area contributed by atoms with E-state index in [1.807, 2.05) is 38.1 Å². The summed E-state index contributed by atoms with van der Waals surface area (Å²) in [5.74, 6) is 0.883. The van der Waals surface area contributed by atoms with Gasteiger partial charge in [0.2, 0.25) is 0 Å². The van der Waals surface area contributed by atoms with Crippen molar-refractivity contribution in [3.8, 4) is 0 Å². The number of esters is 1. The quantitative estimate of drug-likeness (QED) is 0.583. The molecule has 21 heavy (non-hydrogen) atoms. The van der Waals surface area contributed by atoms with E-state index in [0.717, 1.165) is 29.3 Å².